The minimum absolute atomic E-state index is 0.393. The first kappa shape index (κ1) is 20.3. The number of aryl methyl sites for hydroxylation is 2. The molecule has 0 spiro atoms. The molecule has 156 valence electrons. The van der Waals surface area contributed by atoms with Crippen molar-refractivity contribution in [3.8, 4) is 11.5 Å². The lowest BCUT2D eigenvalue weighted by molar-refractivity contribution is 0.437. The van der Waals surface area contributed by atoms with Gasteiger partial charge in [0.1, 0.15) is 11.5 Å². The van der Waals surface area contributed by atoms with Gasteiger partial charge in [-0.05, 0) is 84.7 Å². The van der Waals surface area contributed by atoms with Crippen LogP contribution in [0, 0.1) is 13.8 Å². The van der Waals surface area contributed by atoms with Crippen molar-refractivity contribution in [2.45, 2.75) is 96.3 Å². The van der Waals surface area contributed by atoms with Crippen LogP contribution < -0.4 is 0 Å². The van der Waals surface area contributed by atoms with Crippen LogP contribution in [0.3, 0.4) is 0 Å². The van der Waals surface area contributed by atoms with Crippen LogP contribution in [0.15, 0.2) is 24.3 Å². The van der Waals surface area contributed by atoms with E-state index in [2.05, 4.69) is 24.3 Å². The number of aromatic hydroxyl groups is 2. The van der Waals surface area contributed by atoms with Crippen molar-refractivity contribution in [3.05, 3.63) is 57.6 Å². The second kappa shape index (κ2) is 8.81. The number of hydrogen-bond donors (Lipinski definition) is 2. The molecule has 2 N–H and O–H groups in total. The van der Waals surface area contributed by atoms with E-state index in [4.69, 9.17) is 0 Å². The summed E-state index contributed by atoms with van der Waals surface area (Å²) in [4.78, 5) is 0. The van der Waals surface area contributed by atoms with E-state index in [1.54, 1.807) is 0 Å². The van der Waals surface area contributed by atoms with Crippen molar-refractivity contribution >= 4 is 0 Å². The van der Waals surface area contributed by atoms with Crippen LogP contribution in [0.5, 0.6) is 11.5 Å². The molecule has 2 aromatic rings. The minimum Gasteiger partial charge on any atom is -0.507 e. The summed E-state index contributed by atoms with van der Waals surface area (Å²) in [6.07, 6.45) is 13.6. The molecule has 0 unspecified atom stereocenters. The molecule has 0 saturated heterocycles. The zero-order valence-corrected chi connectivity index (χ0v) is 18.1. The van der Waals surface area contributed by atoms with Gasteiger partial charge in [-0.25, -0.2) is 0 Å². The fraction of sp³-hybridized carbons (Fsp3) is 0.556. The Hall–Kier alpha value is -1.96. The second-order valence-electron chi connectivity index (χ2n) is 9.54. The van der Waals surface area contributed by atoms with Gasteiger partial charge < -0.3 is 10.2 Å². The Morgan fingerprint density at radius 2 is 1.00 bits per heavy atom. The lowest BCUT2D eigenvalue weighted by Gasteiger charge is -2.25. The molecule has 29 heavy (non-hydrogen) atoms. The monoisotopic (exact) mass is 392 g/mol. The van der Waals surface area contributed by atoms with E-state index in [-0.39, 0.29) is 0 Å². The summed E-state index contributed by atoms with van der Waals surface area (Å²) < 4.78 is 0. The van der Waals surface area contributed by atoms with Crippen LogP contribution in [-0.4, -0.2) is 10.2 Å². The first-order valence-electron chi connectivity index (χ1n) is 11.7. The van der Waals surface area contributed by atoms with E-state index in [1.165, 1.54) is 75.3 Å². The summed E-state index contributed by atoms with van der Waals surface area (Å²) in [7, 11) is 0. The molecular weight excluding hydrogens is 356 g/mol. The van der Waals surface area contributed by atoms with Gasteiger partial charge in [0, 0.05) is 6.42 Å². The zero-order chi connectivity index (χ0) is 20.4. The van der Waals surface area contributed by atoms with E-state index in [0.717, 1.165) is 22.3 Å². The fourth-order valence-corrected chi connectivity index (χ4v) is 5.58. The molecule has 0 aliphatic heterocycles. The van der Waals surface area contributed by atoms with Crippen molar-refractivity contribution in [2.24, 2.45) is 0 Å². The van der Waals surface area contributed by atoms with Gasteiger partial charge >= 0.3 is 0 Å². The molecule has 2 heteroatoms. The van der Waals surface area contributed by atoms with E-state index in [0.29, 0.717) is 29.8 Å². The fourth-order valence-electron chi connectivity index (χ4n) is 5.58. The Labute approximate surface area is 176 Å². The Balaban J connectivity index is 1.66. The Morgan fingerprint density at radius 1 is 0.621 bits per heavy atom. The minimum atomic E-state index is 0.393. The van der Waals surface area contributed by atoms with Crippen LogP contribution >= 0.6 is 0 Å². The summed E-state index contributed by atoms with van der Waals surface area (Å²) in [5, 5.41) is 21.6. The van der Waals surface area contributed by atoms with Gasteiger partial charge in [-0.3, -0.25) is 0 Å². The summed E-state index contributed by atoms with van der Waals surface area (Å²) >= 11 is 0. The smallest absolute Gasteiger partial charge is 0.122 e. The highest BCUT2D eigenvalue weighted by atomic mass is 16.3. The topological polar surface area (TPSA) is 40.5 Å². The number of rotatable bonds is 4. The predicted octanol–water partition coefficient (Wildman–Crippen LogP) is 7.40. The van der Waals surface area contributed by atoms with E-state index in [9.17, 15) is 10.2 Å². The van der Waals surface area contributed by atoms with E-state index < -0.39 is 0 Å². The molecule has 0 atom stereocenters. The SMILES string of the molecule is Cc1cc(C2CCCCC2)cc(Cc2cc(C3CCCCC3)cc(C)c2O)c1O. The van der Waals surface area contributed by atoms with Crippen molar-refractivity contribution in [1.82, 2.24) is 0 Å². The number of phenolic OH excluding ortho intramolecular Hbond substituents is 2. The number of hydrogen-bond acceptors (Lipinski definition) is 2. The van der Waals surface area contributed by atoms with Crippen LogP contribution in [0.2, 0.25) is 0 Å². The predicted molar refractivity (Wildman–Crippen MR) is 120 cm³/mol. The maximum Gasteiger partial charge on any atom is 0.122 e. The normalized spacial score (nSPS) is 18.8. The molecule has 0 heterocycles. The van der Waals surface area contributed by atoms with Gasteiger partial charge in [-0.1, -0.05) is 62.8 Å². The van der Waals surface area contributed by atoms with Gasteiger partial charge in [0.05, 0.1) is 0 Å². The average Bonchev–Trinajstić information content (AvgIpc) is 2.75. The van der Waals surface area contributed by atoms with Crippen LogP contribution in [-0.2, 0) is 6.42 Å². The molecule has 2 aliphatic carbocycles. The van der Waals surface area contributed by atoms with Crippen LogP contribution in [0.1, 0.15) is 109 Å². The van der Waals surface area contributed by atoms with Gasteiger partial charge in [0.25, 0.3) is 0 Å². The molecule has 2 saturated carbocycles. The summed E-state index contributed by atoms with van der Waals surface area (Å²) in [6.45, 7) is 4.02. The first-order chi connectivity index (χ1) is 14.0. The summed E-state index contributed by atoms with van der Waals surface area (Å²) in [5.74, 6) is 2.02. The maximum atomic E-state index is 10.8. The molecule has 0 aromatic heterocycles. The molecule has 2 fully saturated rings. The Morgan fingerprint density at radius 3 is 1.38 bits per heavy atom. The molecule has 0 radical (unpaired) electrons. The highest BCUT2D eigenvalue weighted by molar-refractivity contribution is 5.51. The third-order valence-electron chi connectivity index (χ3n) is 7.34. The van der Waals surface area contributed by atoms with E-state index in [1.807, 2.05) is 13.8 Å². The van der Waals surface area contributed by atoms with Gasteiger partial charge in [-0.2, -0.15) is 0 Å². The van der Waals surface area contributed by atoms with Crippen molar-refractivity contribution in [2.75, 3.05) is 0 Å². The standard InChI is InChI=1S/C27H36O2/c1-18-13-22(20-9-5-3-6-10-20)15-24(26(18)28)17-25-16-23(14-19(2)27(25)29)21-11-7-4-8-12-21/h13-16,20-21,28-29H,3-12,17H2,1-2H3. The third-order valence-corrected chi connectivity index (χ3v) is 7.34. The second-order valence-corrected chi connectivity index (χ2v) is 9.54. The number of benzene rings is 2. The van der Waals surface area contributed by atoms with Crippen molar-refractivity contribution in [3.63, 3.8) is 0 Å². The molecule has 2 nitrogen and oxygen atoms in total. The van der Waals surface area contributed by atoms with E-state index >= 15 is 0 Å². The molecular formula is C27H36O2. The maximum absolute atomic E-state index is 10.8. The summed E-state index contributed by atoms with van der Waals surface area (Å²) in [5.41, 5.74) is 6.58. The molecule has 0 amide bonds. The Kier molecular flexibility index (Phi) is 6.18. The lowest BCUT2D eigenvalue weighted by atomic mass is 9.81. The quantitative estimate of drug-likeness (QED) is 0.569. The largest absolute Gasteiger partial charge is 0.507 e. The van der Waals surface area contributed by atoms with Gasteiger partial charge in [-0.15, -0.1) is 0 Å². The van der Waals surface area contributed by atoms with Crippen molar-refractivity contribution < 1.29 is 10.2 Å². The molecule has 0 bridgehead atoms. The highest BCUT2D eigenvalue weighted by Gasteiger charge is 2.21. The van der Waals surface area contributed by atoms with Gasteiger partial charge in [0.15, 0.2) is 0 Å². The molecule has 2 aliphatic rings. The molecule has 4 rings (SSSR count). The van der Waals surface area contributed by atoms with Crippen LogP contribution in [0.4, 0.5) is 0 Å². The highest BCUT2D eigenvalue weighted by Crippen LogP contribution is 2.39. The lowest BCUT2D eigenvalue weighted by Crippen LogP contribution is -2.07. The third kappa shape index (κ3) is 4.47. The first-order valence-corrected chi connectivity index (χ1v) is 11.7. The van der Waals surface area contributed by atoms with Gasteiger partial charge in [0.2, 0.25) is 0 Å². The number of phenols is 2. The Bertz CT molecular complexity index is 784. The summed E-state index contributed by atoms with van der Waals surface area (Å²) in [6, 6.07) is 8.78. The van der Waals surface area contributed by atoms with Crippen molar-refractivity contribution in [1.29, 1.82) is 0 Å². The molecule has 2 aromatic carbocycles. The zero-order valence-electron chi connectivity index (χ0n) is 18.1. The average molecular weight is 393 g/mol. The van der Waals surface area contributed by atoms with Crippen LogP contribution in [0.25, 0.3) is 0 Å².